The standard InChI is InChI=1S/C20H10N6S2/c1-3-11(15-13(5-1)21-7-9-23-15)17-25-19-20(27-17)26-18(28-19)12-4-2-6-14-16(12)24-10-8-22-14/h1-10H. The second-order valence-electron chi connectivity index (χ2n) is 6.11. The summed E-state index contributed by atoms with van der Waals surface area (Å²) in [6.45, 7) is 0. The van der Waals surface area contributed by atoms with Gasteiger partial charge in [0.05, 0.1) is 22.1 Å². The van der Waals surface area contributed by atoms with E-state index < -0.39 is 0 Å². The van der Waals surface area contributed by atoms with Crippen LogP contribution in [0.15, 0.2) is 61.2 Å². The van der Waals surface area contributed by atoms with Crippen molar-refractivity contribution in [2.45, 2.75) is 0 Å². The van der Waals surface area contributed by atoms with Gasteiger partial charge in [-0.25, -0.2) is 9.97 Å². The fourth-order valence-corrected chi connectivity index (χ4v) is 5.30. The molecule has 4 aromatic heterocycles. The van der Waals surface area contributed by atoms with Crippen molar-refractivity contribution in [1.82, 2.24) is 29.9 Å². The van der Waals surface area contributed by atoms with Crippen LogP contribution in [0.5, 0.6) is 0 Å². The SMILES string of the molecule is c1cc(-c2nc3sc(-c4cccc5nccnc45)nc3s2)c2nccnc2c1. The Morgan fingerprint density at radius 3 is 1.50 bits per heavy atom. The summed E-state index contributed by atoms with van der Waals surface area (Å²) in [5.41, 5.74) is 5.41. The third-order valence-electron chi connectivity index (χ3n) is 4.43. The Morgan fingerprint density at radius 2 is 1.00 bits per heavy atom. The Balaban J connectivity index is 1.50. The second-order valence-corrected chi connectivity index (χ2v) is 8.06. The molecule has 4 heterocycles. The van der Waals surface area contributed by atoms with Crippen molar-refractivity contribution in [2.24, 2.45) is 0 Å². The minimum atomic E-state index is 0.857. The smallest absolute Gasteiger partial charge is 0.155 e. The van der Waals surface area contributed by atoms with Crippen molar-refractivity contribution in [3.8, 4) is 21.1 Å². The van der Waals surface area contributed by atoms with Crippen LogP contribution in [-0.2, 0) is 0 Å². The van der Waals surface area contributed by atoms with Crippen molar-refractivity contribution in [3.05, 3.63) is 61.2 Å². The number of rotatable bonds is 2. The van der Waals surface area contributed by atoms with Gasteiger partial charge < -0.3 is 0 Å². The fraction of sp³-hybridized carbons (Fsp3) is 0. The zero-order valence-corrected chi connectivity index (χ0v) is 15.9. The fourth-order valence-electron chi connectivity index (χ4n) is 3.20. The Bertz CT molecular complexity index is 1340. The summed E-state index contributed by atoms with van der Waals surface area (Å²) in [6, 6.07) is 11.9. The molecule has 0 unspecified atom stereocenters. The van der Waals surface area contributed by atoms with Gasteiger partial charge in [0, 0.05) is 35.9 Å². The lowest BCUT2D eigenvalue weighted by molar-refractivity contribution is 1.29. The molecule has 0 bridgehead atoms. The van der Waals surface area contributed by atoms with Crippen molar-refractivity contribution >= 4 is 54.4 Å². The third-order valence-corrected chi connectivity index (χ3v) is 6.53. The average molecular weight is 398 g/mol. The van der Waals surface area contributed by atoms with Crippen LogP contribution >= 0.6 is 22.7 Å². The summed E-state index contributed by atoms with van der Waals surface area (Å²) in [4.78, 5) is 29.2. The molecule has 0 aliphatic carbocycles. The lowest BCUT2D eigenvalue weighted by Gasteiger charge is -2.01. The zero-order chi connectivity index (χ0) is 18.5. The number of thiazole rings is 2. The molecule has 0 radical (unpaired) electrons. The van der Waals surface area contributed by atoms with Gasteiger partial charge in [-0.05, 0) is 24.3 Å². The predicted octanol–water partition coefficient (Wildman–Crippen LogP) is 4.97. The Morgan fingerprint density at radius 1 is 0.536 bits per heavy atom. The molecule has 0 aliphatic heterocycles. The van der Waals surface area contributed by atoms with Crippen LogP contribution in [0, 0.1) is 0 Å². The molecule has 0 saturated carbocycles. The van der Waals surface area contributed by atoms with Gasteiger partial charge in [-0.15, -0.1) is 0 Å². The van der Waals surface area contributed by atoms with E-state index in [1.807, 2.05) is 36.4 Å². The van der Waals surface area contributed by atoms with E-state index in [-0.39, 0.29) is 0 Å². The summed E-state index contributed by atoms with van der Waals surface area (Å²) in [5, 5.41) is 1.81. The minimum absolute atomic E-state index is 0.857. The van der Waals surface area contributed by atoms with Crippen LogP contribution < -0.4 is 0 Å². The molecule has 6 nitrogen and oxygen atoms in total. The highest BCUT2D eigenvalue weighted by Crippen LogP contribution is 2.39. The lowest BCUT2D eigenvalue weighted by Crippen LogP contribution is -1.86. The first-order valence-corrected chi connectivity index (χ1v) is 10.2. The predicted molar refractivity (Wildman–Crippen MR) is 112 cm³/mol. The molecule has 0 atom stereocenters. The van der Waals surface area contributed by atoms with Gasteiger partial charge in [-0.1, -0.05) is 34.8 Å². The van der Waals surface area contributed by atoms with Crippen LogP contribution in [-0.4, -0.2) is 29.9 Å². The summed E-state index contributed by atoms with van der Waals surface area (Å²) in [5.74, 6) is 0. The minimum Gasteiger partial charge on any atom is -0.253 e. The molecule has 0 fully saturated rings. The van der Waals surface area contributed by atoms with Crippen molar-refractivity contribution in [2.75, 3.05) is 0 Å². The summed E-state index contributed by atoms with van der Waals surface area (Å²) in [7, 11) is 0. The van der Waals surface area contributed by atoms with Gasteiger partial charge in [-0.2, -0.15) is 0 Å². The number of nitrogens with zero attached hydrogens (tertiary/aromatic N) is 6. The zero-order valence-electron chi connectivity index (χ0n) is 14.3. The first kappa shape index (κ1) is 15.7. The van der Waals surface area contributed by atoms with Gasteiger partial charge >= 0.3 is 0 Å². The van der Waals surface area contributed by atoms with Gasteiger partial charge in [0.15, 0.2) is 9.66 Å². The molecule has 8 heteroatoms. The number of fused-ring (bicyclic) bond motifs is 3. The highest BCUT2D eigenvalue weighted by Gasteiger charge is 2.16. The van der Waals surface area contributed by atoms with Crippen LogP contribution in [0.1, 0.15) is 0 Å². The van der Waals surface area contributed by atoms with E-state index in [2.05, 4.69) is 19.9 Å². The first-order valence-electron chi connectivity index (χ1n) is 8.54. The molecule has 28 heavy (non-hydrogen) atoms. The maximum Gasteiger partial charge on any atom is 0.155 e. The number of para-hydroxylation sites is 2. The topological polar surface area (TPSA) is 77.3 Å². The van der Waals surface area contributed by atoms with E-state index in [9.17, 15) is 0 Å². The monoisotopic (exact) mass is 398 g/mol. The van der Waals surface area contributed by atoms with Crippen molar-refractivity contribution in [1.29, 1.82) is 0 Å². The molecule has 0 N–H and O–H groups in total. The van der Waals surface area contributed by atoms with Crippen molar-refractivity contribution < 1.29 is 0 Å². The maximum absolute atomic E-state index is 4.83. The van der Waals surface area contributed by atoms with E-state index in [1.54, 1.807) is 47.5 Å². The normalized spacial score (nSPS) is 11.6. The molecule has 0 spiro atoms. The summed E-state index contributed by atoms with van der Waals surface area (Å²) < 4.78 is 0. The summed E-state index contributed by atoms with van der Waals surface area (Å²) in [6.07, 6.45) is 6.82. The molecule has 6 aromatic rings. The van der Waals surface area contributed by atoms with Gasteiger partial charge in [0.1, 0.15) is 10.0 Å². The van der Waals surface area contributed by atoms with E-state index in [4.69, 9.17) is 9.97 Å². The lowest BCUT2D eigenvalue weighted by atomic mass is 10.2. The molecule has 0 aliphatic rings. The molecule has 0 amide bonds. The highest BCUT2D eigenvalue weighted by atomic mass is 32.1. The van der Waals surface area contributed by atoms with Gasteiger partial charge in [0.2, 0.25) is 0 Å². The number of aromatic nitrogens is 6. The molecular formula is C20H10N6S2. The molecule has 132 valence electrons. The summed E-state index contributed by atoms with van der Waals surface area (Å²) >= 11 is 3.14. The quantitative estimate of drug-likeness (QED) is 0.410. The average Bonchev–Trinajstić information content (AvgIpc) is 3.32. The van der Waals surface area contributed by atoms with Crippen LogP contribution in [0.2, 0.25) is 0 Å². The first-order chi connectivity index (χ1) is 13.9. The van der Waals surface area contributed by atoms with E-state index in [1.165, 1.54) is 0 Å². The number of hydrogen-bond acceptors (Lipinski definition) is 8. The maximum atomic E-state index is 4.83. The van der Waals surface area contributed by atoms with E-state index >= 15 is 0 Å². The highest BCUT2D eigenvalue weighted by molar-refractivity contribution is 7.29. The molecule has 2 aromatic carbocycles. The number of hydrogen-bond donors (Lipinski definition) is 0. The van der Waals surface area contributed by atoms with Crippen LogP contribution in [0.25, 0.3) is 52.9 Å². The molecule has 0 saturated heterocycles. The second kappa shape index (κ2) is 6.08. The Labute approximate surface area is 166 Å². The van der Waals surface area contributed by atoms with Gasteiger partial charge in [0.25, 0.3) is 0 Å². The van der Waals surface area contributed by atoms with Crippen molar-refractivity contribution in [3.63, 3.8) is 0 Å². The van der Waals surface area contributed by atoms with E-state index in [0.29, 0.717) is 0 Å². The largest absolute Gasteiger partial charge is 0.253 e. The third kappa shape index (κ3) is 2.39. The molecule has 6 rings (SSSR count). The Kier molecular flexibility index (Phi) is 3.40. The van der Waals surface area contributed by atoms with Crippen LogP contribution in [0.3, 0.4) is 0 Å². The van der Waals surface area contributed by atoms with Gasteiger partial charge in [-0.3, -0.25) is 19.9 Å². The Hall–Kier alpha value is -3.36. The molecular weight excluding hydrogens is 388 g/mol. The van der Waals surface area contributed by atoms with Crippen LogP contribution in [0.4, 0.5) is 0 Å². The number of benzene rings is 2. The van der Waals surface area contributed by atoms with E-state index in [0.717, 1.165) is 52.9 Å².